The number of carbonyl (C=O) groups excluding carboxylic acids is 1. The van der Waals surface area contributed by atoms with Gasteiger partial charge >= 0.3 is 0 Å². The molecule has 23 heavy (non-hydrogen) atoms. The van der Waals surface area contributed by atoms with Gasteiger partial charge in [-0.3, -0.25) is 9.48 Å². The number of hydrogen-bond acceptors (Lipinski definition) is 2. The highest BCUT2D eigenvalue weighted by Gasteiger charge is 2.06. The van der Waals surface area contributed by atoms with Crippen molar-refractivity contribution in [1.29, 1.82) is 0 Å². The minimum atomic E-state index is -0.272. The highest BCUT2D eigenvalue weighted by molar-refractivity contribution is 5.91. The Balaban J connectivity index is 1.60. The lowest BCUT2D eigenvalue weighted by Gasteiger charge is -2.03. The predicted octanol–water partition coefficient (Wildman–Crippen LogP) is 3.25. The van der Waals surface area contributed by atoms with E-state index in [0.717, 1.165) is 11.1 Å². The number of nitrogens with one attached hydrogen (secondary N) is 1. The fourth-order valence-electron chi connectivity index (χ4n) is 2.31. The highest BCUT2D eigenvalue weighted by Crippen LogP contribution is 2.09. The fourth-order valence-corrected chi connectivity index (χ4v) is 2.31. The molecule has 0 fully saturated rings. The van der Waals surface area contributed by atoms with Crippen LogP contribution in [-0.4, -0.2) is 15.7 Å². The molecule has 1 amide bonds. The van der Waals surface area contributed by atoms with Crippen LogP contribution in [0.5, 0.6) is 0 Å². The van der Waals surface area contributed by atoms with E-state index in [1.165, 1.54) is 12.1 Å². The number of hydrogen-bond donors (Lipinski definition) is 1. The van der Waals surface area contributed by atoms with Crippen LogP contribution in [0.4, 0.5) is 10.2 Å². The minimum absolute atomic E-state index is 0.118. The first-order valence-corrected chi connectivity index (χ1v) is 7.31. The Morgan fingerprint density at radius 1 is 1.04 bits per heavy atom. The summed E-state index contributed by atoms with van der Waals surface area (Å²) in [6, 6.07) is 17.6. The van der Waals surface area contributed by atoms with E-state index in [-0.39, 0.29) is 11.7 Å². The van der Waals surface area contributed by atoms with Crippen LogP contribution in [-0.2, 0) is 17.8 Å². The Kier molecular flexibility index (Phi) is 4.47. The van der Waals surface area contributed by atoms with Gasteiger partial charge in [0.25, 0.3) is 0 Å². The van der Waals surface area contributed by atoms with E-state index in [0.29, 0.717) is 18.8 Å². The molecule has 3 aromatic rings. The van der Waals surface area contributed by atoms with E-state index < -0.39 is 0 Å². The van der Waals surface area contributed by atoms with Crippen molar-refractivity contribution in [3.63, 3.8) is 0 Å². The number of aromatic nitrogens is 2. The summed E-state index contributed by atoms with van der Waals surface area (Å²) in [5, 5.41) is 7.04. The molecule has 0 radical (unpaired) electrons. The second kappa shape index (κ2) is 6.87. The van der Waals surface area contributed by atoms with Crippen molar-refractivity contribution in [3.8, 4) is 0 Å². The van der Waals surface area contributed by atoms with Crippen LogP contribution in [0.1, 0.15) is 11.1 Å². The molecule has 4 nitrogen and oxygen atoms in total. The van der Waals surface area contributed by atoms with Gasteiger partial charge in [-0.2, -0.15) is 5.10 Å². The van der Waals surface area contributed by atoms with E-state index in [1.807, 2.05) is 36.4 Å². The maximum atomic E-state index is 13.2. The van der Waals surface area contributed by atoms with Gasteiger partial charge in [-0.15, -0.1) is 0 Å². The molecule has 2 aromatic carbocycles. The number of halogens is 1. The summed E-state index contributed by atoms with van der Waals surface area (Å²) in [6.07, 6.45) is 2.06. The summed E-state index contributed by atoms with van der Waals surface area (Å²) >= 11 is 0. The van der Waals surface area contributed by atoms with Crippen LogP contribution in [0.25, 0.3) is 0 Å². The third-order valence-electron chi connectivity index (χ3n) is 3.35. The Hall–Kier alpha value is -2.95. The Bertz CT molecular complexity index is 799. The van der Waals surface area contributed by atoms with E-state index in [1.54, 1.807) is 23.0 Å². The number of nitrogens with zero attached hydrogens (tertiary/aromatic N) is 2. The number of carbonyl (C=O) groups is 1. The lowest BCUT2D eigenvalue weighted by atomic mass is 10.1. The number of benzene rings is 2. The van der Waals surface area contributed by atoms with E-state index in [9.17, 15) is 9.18 Å². The summed E-state index contributed by atoms with van der Waals surface area (Å²) in [5.41, 5.74) is 1.76. The maximum Gasteiger partial charge on any atom is 0.229 e. The maximum absolute atomic E-state index is 13.2. The SMILES string of the molecule is O=C(Cc1ccccc1)Nc1ccn(Cc2cccc(F)c2)n1. The molecule has 1 heterocycles. The smallest absolute Gasteiger partial charge is 0.229 e. The highest BCUT2D eigenvalue weighted by atomic mass is 19.1. The zero-order valence-electron chi connectivity index (χ0n) is 12.4. The first-order chi connectivity index (χ1) is 11.2. The molecule has 0 spiro atoms. The number of anilines is 1. The quantitative estimate of drug-likeness (QED) is 0.786. The van der Waals surface area contributed by atoms with Crippen molar-refractivity contribution in [2.24, 2.45) is 0 Å². The Morgan fingerprint density at radius 2 is 1.83 bits per heavy atom. The largest absolute Gasteiger partial charge is 0.309 e. The molecule has 0 bridgehead atoms. The second-order valence-electron chi connectivity index (χ2n) is 5.24. The lowest BCUT2D eigenvalue weighted by Crippen LogP contribution is -2.15. The van der Waals surface area contributed by atoms with Gasteiger partial charge in [0.2, 0.25) is 5.91 Å². The van der Waals surface area contributed by atoms with Crippen molar-refractivity contribution < 1.29 is 9.18 Å². The standard InChI is InChI=1S/C18H16FN3O/c19-16-8-4-7-15(11-16)13-22-10-9-17(21-22)20-18(23)12-14-5-2-1-3-6-14/h1-11H,12-13H2,(H,20,21,23). The summed E-state index contributed by atoms with van der Waals surface area (Å²) in [6.45, 7) is 0.451. The second-order valence-corrected chi connectivity index (χ2v) is 5.24. The Morgan fingerprint density at radius 3 is 2.61 bits per heavy atom. The fraction of sp³-hybridized carbons (Fsp3) is 0.111. The van der Waals surface area contributed by atoms with Gasteiger partial charge in [0, 0.05) is 12.3 Å². The summed E-state index contributed by atoms with van der Waals surface area (Å²) in [4.78, 5) is 12.0. The van der Waals surface area contributed by atoms with Gasteiger partial charge in [0.1, 0.15) is 5.82 Å². The molecule has 3 rings (SSSR count). The third kappa shape index (κ3) is 4.26. The first kappa shape index (κ1) is 15.0. The van der Waals surface area contributed by atoms with Crippen LogP contribution < -0.4 is 5.32 Å². The molecule has 0 saturated carbocycles. The summed E-state index contributed by atoms with van der Waals surface area (Å²) in [7, 11) is 0. The van der Waals surface area contributed by atoms with Crippen molar-refractivity contribution in [2.45, 2.75) is 13.0 Å². The lowest BCUT2D eigenvalue weighted by molar-refractivity contribution is -0.115. The summed E-state index contributed by atoms with van der Waals surface area (Å²) < 4.78 is 14.8. The zero-order chi connectivity index (χ0) is 16.1. The number of rotatable bonds is 5. The molecular weight excluding hydrogens is 293 g/mol. The van der Waals surface area contributed by atoms with Crippen LogP contribution in [0.3, 0.4) is 0 Å². The van der Waals surface area contributed by atoms with Crippen LogP contribution in [0.2, 0.25) is 0 Å². The van der Waals surface area contributed by atoms with Gasteiger partial charge in [-0.1, -0.05) is 42.5 Å². The van der Waals surface area contributed by atoms with Gasteiger partial charge in [-0.25, -0.2) is 4.39 Å². The first-order valence-electron chi connectivity index (χ1n) is 7.31. The van der Waals surface area contributed by atoms with E-state index >= 15 is 0 Å². The van der Waals surface area contributed by atoms with Crippen LogP contribution in [0, 0.1) is 5.82 Å². The molecular formula is C18H16FN3O. The third-order valence-corrected chi connectivity index (χ3v) is 3.35. The van der Waals surface area contributed by atoms with Gasteiger partial charge < -0.3 is 5.32 Å². The predicted molar refractivity (Wildman–Crippen MR) is 86.5 cm³/mol. The molecule has 1 N–H and O–H groups in total. The normalized spacial score (nSPS) is 10.5. The van der Waals surface area contributed by atoms with E-state index in [2.05, 4.69) is 10.4 Å². The average Bonchev–Trinajstić information content (AvgIpc) is 2.95. The van der Waals surface area contributed by atoms with Crippen molar-refractivity contribution in [2.75, 3.05) is 5.32 Å². The molecule has 0 aliphatic heterocycles. The molecule has 0 atom stereocenters. The Labute approximate surface area is 133 Å². The van der Waals surface area contributed by atoms with Crippen molar-refractivity contribution >= 4 is 11.7 Å². The van der Waals surface area contributed by atoms with Gasteiger partial charge in [0.15, 0.2) is 5.82 Å². The average molecular weight is 309 g/mol. The van der Waals surface area contributed by atoms with Crippen LogP contribution in [0.15, 0.2) is 66.9 Å². The van der Waals surface area contributed by atoms with Gasteiger partial charge in [-0.05, 0) is 23.3 Å². The minimum Gasteiger partial charge on any atom is -0.309 e. The molecule has 0 unspecified atom stereocenters. The van der Waals surface area contributed by atoms with E-state index in [4.69, 9.17) is 0 Å². The molecule has 116 valence electrons. The molecule has 0 saturated heterocycles. The molecule has 1 aromatic heterocycles. The molecule has 0 aliphatic carbocycles. The summed E-state index contributed by atoms with van der Waals surface area (Å²) in [5.74, 6) is 0.0978. The number of amides is 1. The van der Waals surface area contributed by atoms with Gasteiger partial charge in [0.05, 0.1) is 13.0 Å². The van der Waals surface area contributed by atoms with Crippen molar-refractivity contribution in [3.05, 3.63) is 83.8 Å². The molecule has 0 aliphatic rings. The zero-order valence-corrected chi connectivity index (χ0v) is 12.4. The van der Waals surface area contributed by atoms with Crippen LogP contribution >= 0.6 is 0 Å². The topological polar surface area (TPSA) is 46.9 Å². The van der Waals surface area contributed by atoms with Crippen molar-refractivity contribution in [1.82, 2.24) is 9.78 Å². The monoisotopic (exact) mass is 309 g/mol. The molecule has 5 heteroatoms.